The van der Waals surface area contributed by atoms with Gasteiger partial charge in [0.05, 0.1) is 25.3 Å². The van der Waals surface area contributed by atoms with Gasteiger partial charge in [0.2, 0.25) is 0 Å². The molecule has 0 spiro atoms. The smallest absolute Gasteiger partial charge is 0.295 e. The van der Waals surface area contributed by atoms with Gasteiger partial charge >= 0.3 is 0 Å². The van der Waals surface area contributed by atoms with Gasteiger partial charge in [0.25, 0.3) is 11.7 Å². The molecule has 7 nitrogen and oxygen atoms in total. The third-order valence-electron chi connectivity index (χ3n) is 4.94. The zero-order valence-electron chi connectivity index (χ0n) is 16.8. The number of Topliss-reactive ketones (excluding diaryl/α,β-unsaturated/α-hetero) is 1. The lowest BCUT2D eigenvalue weighted by molar-refractivity contribution is -0.149. The van der Waals surface area contributed by atoms with Crippen molar-refractivity contribution >= 4 is 33.4 Å². The van der Waals surface area contributed by atoms with E-state index in [1.807, 2.05) is 6.07 Å². The summed E-state index contributed by atoms with van der Waals surface area (Å²) < 4.78 is 16.4. The van der Waals surface area contributed by atoms with Gasteiger partial charge in [-0.25, -0.2) is 0 Å². The van der Waals surface area contributed by atoms with E-state index in [0.717, 1.165) is 4.47 Å². The Kier molecular flexibility index (Phi) is 6.91. The summed E-state index contributed by atoms with van der Waals surface area (Å²) in [5.41, 5.74) is 1.09. The van der Waals surface area contributed by atoms with Crippen LogP contribution in [0.3, 0.4) is 0 Å². The van der Waals surface area contributed by atoms with Gasteiger partial charge in [-0.1, -0.05) is 28.1 Å². The number of halogens is 1. The molecule has 8 heteroatoms. The van der Waals surface area contributed by atoms with E-state index in [4.69, 9.17) is 14.2 Å². The molecular weight excluding hydrogens is 454 g/mol. The molecule has 30 heavy (non-hydrogen) atoms. The van der Waals surface area contributed by atoms with Gasteiger partial charge in [-0.3, -0.25) is 9.59 Å². The van der Waals surface area contributed by atoms with Gasteiger partial charge < -0.3 is 24.2 Å². The molecule has 1 atom stereocenters. The largest absolute Gasteiger partial charge is 0.507 e. The van der Waals surface area contributed by atoms with Crippen molar-refractivity contribution in [1.82, 2.24) is 4.90 Å². The maximum atomic E-state index is 13.0. The van der Waals surface area contributed by atoms with Crippen LogP contribution in [0.25, 0.3) is 5.76 Å². The number of aliphatic hydroxyl groups is 1. The number of rotatable bonds is 7. The molecule has 0 aliphatic carbocycles. The van der Waals surface area contributed by atoms with Crippen LogP contribution in [0.2, 0.25) is 0 Å². The standard InChI is InChI=1S/C22H22BrNO6/c1-28-16-9-7-13(8-10-16)20(25)18-19(14-5-4-6-15(23)11-14)24(22(27)21(18)26)12-17(29-2)30-3/h4-11,17,19,25H,12H2,1-3H3/b20-18+. The third-order valence-corrected chi connectivity index (χ3v) is 5.43. The molecule has 0 radical (unpaired) electrons. The lowest BCUT2D eigenvalue weighted by atomic mass is 9.95. The highest BCUT2D eigenvalue weighted by molar-refractivity contribution is 9.10. The van der Waals surface area contributed by atoms with Crippen molar-refractivity contribution in [1.29, 1.82) is 0 Å². The molecule has 1 aliphatic rings. The zero-order valence-corrected chi connectivity index (χ0v) is 18.4. The Hall–Kier alpha value is -2.68. The Morgan fingerprint density at radius 2 is 1.77 bits per heavy atom. The van der Waals surface area contributed by atoms with Crippen molar-refractivity contribution in [3.63, 3.8) is 0 Å². The molecule has 3 rings (SSSR count). The van der Waals surface area contributed by atoms with Crippen LogP contribution in [-0.4, -0.2) is 55.9 Å². The van der Waals surface area contributed by atoms with Crippen LogP contribution < -0.4 is 4.74 Å². The monoisotopic (exact) mass is 475 g/mol. The molecule has 0 saturated carbocycles. The number of benzene rings is 2. The van der Waals surface area contributed by atoms with E-state index >= 15 is 0 Å². The van der Waals surface area contributed by atoms with Crippen molar-refractivity contribution in [2.45, 2.75) is 12.3 Å². The van der Waals surface area contributed by atoms with Gasteiger partial charge in [0, 0.05) is 24.3 Å². The number of ether oxygens (including phenoxy) is 3. The molecular formula is C22H22BrNO6. The Balaban J connectivity index is 2.15. The molecule has 1 unspecified atom stereocenters. The average molecular weight is 476 g/mol. The number of carbonyl (C=O) groups excluding carboxylic acids is 2. The van der Waals surface area contributed by atoms with E-state index in [-0.39, 0.29) is 17.9 Å². The summed E-state index contributed by atoms with van der Waals surface area (Å²) in [6.07, 6.45) is -0.723. The normalized spacial score (nSPS) is 18.3. The van der Waals surface area contributed by atoms with Crippen LogP contribution in [0.4, 0.5) is 0 Å². The number of carbonyl (C=O) groups is 2. The van der Waals surface area contributed by atoms with Gasteiger partial charge in [-0.05, 0) is 42.0 Å². The number of amides is 1. The number of hydrogen-bond acceptors (Lipinski definition) is 6. The fourth-order valence-electron chi connectivity index (χ4n) is 3.40. The summed E-state index contributed by atoms with van der Waals surface area (Å²) in [4.78, 5) is 27.2. The minimum atomic E-state index is -0.794. The van der Waals surface area contributed by atoms with E-state index in [2.05, 4.69) is 15.9 Å². The Labute approximate surface area is 183 Å². The molecule has 2 aromatic carbocycles. The predicted molar refractivity (Wildman–Crippen MR) is 114 cm³/mol. The van der Waals surface area contributed by atoms with Crippen LogP contribution in [0, 0.1) is 0 Å². The lowest BCUT2D eigenvalue weighted by Gasteiger charge is -2.28. The number of nitrogens with zero attached hydrogens (tertiary/aromatic N) is 1. The van der Waals surface area contributed by atoms with Crippen LogP contribution in [-0.2, 0) is 19.1 Å². The maximum Gasteiger partial charge on any atom is 0.295 e. The van der Waals surface area contributed by atoms with E-state index < -0.39 is 24.0 Å². The fourth-order valence-corrected chi connectivity index (χ4v) is 3.82. The highest BCUT2D eigenvalue weighted by atomic mass is 79.9. The SMILES string of the molecule is COc1ccc(/C(O)=C2\C(=O)C(=O)N(CC(OC)OC)C2c2cccc(Br)c2)cc1. The summed E-state index contributed by atoms with van der Waals surface area (Å²) in [6, 6.07) is 13.1. The molecule has 1 heterocycles. The summed E-state index contributed by atoms with van der Waals surface area (Å²) >= 11 is 3.43. The number of ketones is 1. The second-order valence-electron chi connectivity index (χ2n) is 6.64. The Morgan fingerprint density at radius 1 is 1.10 bits per heavy atom. The molecule has 1 amide bonds. The Bertz CT molecular complexity index is 968. The molecule has 1 fully saturated rings. The van der Waals surface area contributed by atoms with E-state index in [1.54, 1.807) is 42.5 Å². The second-order valence-corrected chi connectivity index (χ2v) is 7.55. The van der Waals surface area contributed by atoms with Gasteiger partial charge in [0.15, 0.2) is 6.29 Å². The maximum absolute atomic E-state index is 13.0. The summed E-state index contributed by atoms with van der Waals surface area (Å²) in [7, 11) is 4.45. The van der Waals surface area contributed by atoms with Crippen molar-refractivity contribution in [2.24, 2.45) is 0 Å². The van der Waals surface area contributed by atoms with E-state index in [0.29, 0.717) is 16.9 Å². The minimum Gasteiger partial charge on any atom is -0.507 e. The third kappa shape index (κ3) is 4.26. The van der Waals surface area contributed by atoms with Gasteiger partial charge in [0.1, 0.15) is 11.5 Å². The van der Waals surface area contributed by atoms with Crippen LogP contribution >= 0.6 is 15.9 Å². The number of hydrogen-bond donors (Lipinski definition) is 1. The molecule has 2 aromatic rings. The summed E-state index contributed by atoms with van der Waals surface area (Å²) in [6.45, 7) is 0.0220. The first kappa shape index (κ1) is 22.0. The first-order valence-electron chi connectivity index (χ1n) is 9.15. The van der Waals surface area contributed by atoms with Crippen molar-refractivity contribution < 1.29 is 28.9 Å². The van der Waals surface area contributed by atoms with Crippen LogP contribution in [0.1, 0.15) is 17.2 Å². The van der Waals surface area contributed by atoms with Crippen molar-refractivity contribution in [3.8, 4) is 5.75 Å². The average Bonchev–Trinajstić information content (AvgIpc) is 3.01. The second kappa shape index (κ2) is 9.42. The first-order chi connectivity index (χ1) is 14.4. The van der Waals surface area contributed by atoms with Gasteiger partial charge in [-0.15, -0.1) is 0 Å². The van der Waals surface area contributed by atoms with E-state index in [9.17, 15) is 14.7 Å². The molecule has 0 aromatic heterocycles. The molecule has 1 saturated heterocycles. The fraction of sp³-hybridized carbons (Fsp3) is 0.273. The quantitative estimate of drug-likeness (QED) is 0.285. The molecule has 0 bridgehead atoms. The highest BCUT2D eigenvalue weighted by Gasteiger charge is 2.46. The van der Waals surface area contributed by atoms with Crippen molar-refractivity contribution in [2.75, 3.05) is 27.9 Å². The lowest BCUT2D eigenvalue weighted by Crippen LogP contribution is -2.38. The Morgan fingerprint density at radius 3 is 2.33 bits per heavy atom. The topological polar surface area (TPSA) is 85.3 Å². The first-order valence-corrected chi connectivity index (χ1v) is 9.94. The summed E-state index contributed by atoms with van der Waals surface area (Å²) in [5.74, 6) is -1.14. The molecule has 158 valence electrons. The van der Waals surface area contributed by atoms with E-state index in [1.165, 1.54) is 26.2 Å². The zero-order chi connectivity index (χ0) is 21.8. The minimum absolute atomic E-state index is 0.00854. The highest BCUT2D eigenvalue weighted by Crippen LogP contribution is 2.40. The van der Waals surface area contributed by atoms with Crippen LogP contribution in [0.5, 0.6) is 5.75 Å². The van der Waals surface area contributed by atoms with Gasteiger partial charge in [-0.2, -0.15) is 0 Å². The van der Waals surface area contributed by atoms with Crippen molar-refractivity contribution in [3.05, 3.63) is 69.7 Å². The number of aliphatic hydroxyl groups excluding tert-OH is 1. The number of methoxy groups -OCH3 is 3. The summed E-state index contributed by atoms with van der Waals surface area (Å²) in [5, 5.41) is 11.0. The number of likely N-dealkylation sites (tertiary alicyclic amines) is 1. The van der Waals surface area contributed by atoms with Crippen LogP contribution in [0.15, 0.2) is 58.6 Å². The predicted octanol–water partition coefficient (Wildman–Crippen LogP) is 3.50. The molecule has 1 aliphatic heterocycles. The molecule has 1 N–H and O–H groups in total.